The number of hydrogen-bond donors (Lipinski definition) is 1. The summed E-state index contributed by atoms with van der Waals surface area (Å²) >= 11 is 1.33. The van der Waals surface area contributed by atoms with E-state index in [0.717, 1.165) is 11.3 Å². The maximum atomic E-state index is 12.6. The molecular formula is C18H26F3N3O3S. The van der Waals surface area contributed by atoms with Crippen LogP contribution in [-0.4, -0.2) is 73.7 Å². The van der Waals surface area contributed by atoms with Gasteiger partial charge in [-0.1, -0.05) is 6.92 Å². The van der Waals surface area contributed by atoms with Crippen molar-refractivity contribution in [2.24, 2.45) is 0 Å². The van der Waals surface area contributed by atoms with Crippen molar-refractivity contribution in [2.75, 3.05) is 51.2 Å². The molecule has 1 aliphatic rings. The number of esters is 1. The minimum Gasteiger partial charge on any atom is -0.462 e. The molecule has 1 N–H and O–H groups in total. The van der Waals surface area contributed by atoms with Crippen LogP contribution in [-0.2, 0) is 16.0 Å². The van der Waals surface area contributed by atoms with Crippen LogP contribution in [0.4, 0.5) is 18.2 Å². The first-order valence-electron chi connectivity index (χ1n) is 9.33. The van der Waals surface area contributed by atoms with Gasteiger partial charge in [0.2, 0.25) is 5.91 Å². The van der Waals surface area contributed by atoms with Crippen LogP contribution in [0.2, 0.25) is 0 Å². The number of ether oxygens (including phenoxy) is 1. The number of rotatable bonds is 7. The van der Waals surface area contributed by atoms with E-state index in [0.29, 0.717) is 36.6 Å². The second-order valence-electron chi connectivity index (χ2n) is 6.60. The first kappa shape index (κ1) is 22.6. The molecule has 158 valence electrons. The molecule has 1 saturated heterocycles. The van der Waals surface area contributed by atoms with Gasteiger partial charge < -0.3 is 10.1 Å². The predicted octanol–water partition coefficient (Wildman–Crippen LogP) is 3.00. The largest absolute Gasteiger partial charge is 0.462 e. The number of nitrogens with zero attached hydrogens (tertiary/aromatic N) is 2. The number of alkyl halides is 3. The van der Waals surface area contributed by atoms with E-state index in [-0.39, 0.29) is 25.6 Å². The van der Waals surface area contributed by atoms with Gasteiger partial charge in [-0.3, -0.25) is 14.6 Å². The van der Waals surface area contributed by atoms with Gasteiger partial charge in [0, 0.05) is 18.0 Å². The summed E-state index contributed by atoms with van der Waals surface area (Å²) in [7, 11) is 0. The Morgan fingerprint density at radius 1 is 1.18 bits per heavy atom. The molecule has 10 heteroatoms. The van der Waals surface area contributed by atoms with E-state index in [4.69, 9.17) is 4.74 Å². The minimum atomic E-state index is -4.22. The molecule has 0 radical (unpaired) electrons. The molecule has 1 aromatic heterocycles. The predicted molar refractivity (Wildman–Crippen MR) is 102 cm³/mol. The molecule has 0 aliphatic carbocycles. The highest BCUT2D eigenvalue weighted by atomic mass is 32.1. The normalized spacial score (nSPS) is 16.6. The van der Waals surface area contributed by atoms with Crippen LogP contribution in [0.15, 0.2) is 6.07 Å². The summed E-state index contributed by atoms with van der Waals surface area (Å²) in [4.78, 5) is 28.7. The molecule has 0 aromatic carbocycles. The van der Waals surface area contributed by atoms with E-state index in [2.05, 4.69) is 5.32 Å². The van der Waals surface area contributed by atoms with Crippen molar-refractivity contribution in [3.63, 3.8) is 0 Å². The molecule has 0 bridgehead atoms. The quantitative estimate of drug-likeness (QED) is 0.686. The van der Waals surface area contributed by atoms with Gasteiger partial charge in [0.05, 0.1) is 25.3 Å². The SMILES string of the molecule is CCOC(=O)c1cc(CC)sc1NC(=O)CN1CCCN(CC(F)(F)F)CC1. The Balaban J connectivity index is 1.93. The summed E-state index contributed by atoms with van der Waals surface area (Å²) in [6.45, 7) is 4.62. The highest BCUT2D eigenvalue weighted by Gasteiger charge is 2.31. The van der Waals surface area contributed by atoms with E-state index < -0.39 is 18.7 Å². The number of amides is 1. The third kappa shape index (κ3) is 7.06. The van der Waals surface area contributed by atoms with Crippen molar-refractivity contribution in [1.29, 1.82) is 0 Å². The first-order chi connectivity index (χ1) is 13.2. The molecule has 2 rings (SSSR count). The van der Waals surface area contributed by atoms with Gasteiger partial charge in [-0.2, -0.15) is 13.2 Å². The standard InChI is InChI=1S/C18H26F3N3O3S/c1-3-13-10-14(17(26)27-4-2)16(28-13)22-15(25)11-23-6-5-7-24(9-8-23)12-18(19,20)21/h10H,3-9,11-12H2,1-2H3,(H,22,25). The summed E-state index contributed by atoms with van der Waals surface area (Å²) < 4.78 is 42.7. The molecule has 2 heterocycles. The lowest BCUT2D eigenvalue weighted by molar-refractivity contribution is -0.145. The summed E-state index contributed by atoms with van der Waals surface area (Å²) in [6, 6.07) is 1.72. The molecule has 0 atom stereocenters. The van der Waals surface area contributed by atoms with Gasteiger partial charge in [-0.05, 0) is 38.9 Å². The Morgan fingerprint density at radius 3 is 2.50 bits per heavy atom. The van der Waals surface area contributed by atoms with E-state index in [1.165, 1.54) is 16.2 Å². The number of anilines is 1. The van der Waals surface area contributed by atoms with E-state index >= 15 is 0 Å². The molecular weight excluding hydrogens is 395 g/mol. The summed E-state index contributed by atoms with van der Waals surface area (Å²) in [5, 5.41) is 3.22. The average molecular weight is 421 g/mol. The zero-order valence-corrected chi connectivity index (χ0v) is 16.9. The Morgan fingerprint density at radius 2 is 1.86 bits per heavy atom. The Labute approximate surface area is 166 Å². The monoisotopic (exact) mass is 421 g/mol. The van der Waals surface area contributed by atoms with Crippen molar-refractivity contribution in [3.8, 4) is 0 Å². The maximum absolute atomic E-state index is 12.6. The molecule has 1 amide bonds. The fourth-order valence-corrected chi connectivity index (χ4v) is 4.03. The third-order valence-electron chi connectivity index (χ3n) is 4.33. The van der Waals surface area contributed by atoms with E-state index in [1.807, 2.05) is 11.8 Å². The van der Waals surface area contributed by atoms with Crippen molar-refractivity contribution < 1.29 is 27.5 Å². The van der Waals surface area contributed by atoms with Crippen LogP contribution < -0.4 is 5.32 Å². The second-order valence-corrected chi connectivity index (χ2v) is 7.74. The summed E-state index contributed by atoms with van der Waals surface area (Å²) in [5.41, 5.74) is 0.337. The van der Waals surface area contributed by atoms with Gasteiger partial charge in [0.1, 0.15) is 5.00 Å². The van der Waals surface area contributed by atoms with Gasteiger partial charge in [0.25, 0.3) is 0 Å². The van der Waals surface area contributed by atoms with Crippen LogP contribution in [0.5, 0.6) is 0 Å². The molecule has 0 unspecified atom stereocenters. The van der Waals surface area contributed by atoms with Crippen LogP contribution in [0, 0.1) is 0 Å². The van der Waals surface area contributed by atoms with Gasteiger partial charge >= 0.3 is 12.1 Å². The highest BCUT2D eigenvalue weighted by molar-refractivity contribution is 7.16. The zero-order valence-electron chi connectivity index (χ0n) is 16.1. The zero-order chi connectivity index (χ0) is 20.7. The van der Waals surface area contributed by atoms with Gasteiger partial charge in [0.15, 0.2) is 0 Å². The molecule has 0 spiro atoms. The Bertz CT molecular complexity index is 679. The van der Waals surface area contributed by atoms with Crippen molar-refractivity contribution in [1.82, 2.24) is 9.80 Å². The average Bonchev–Trinajstić information content (AvgIpc) is 2.89. The summed E-state index contributed by atoms with van der Waals surface area (Å²) in [6.07, 6.45) is -2.92. The number of hydrogen-bond acceptors (Lipinski definition) is 6. The van der Waals surface area contributed by atoms with Crippen molar-refractivity contribution >= 4 is 28.2 Å². The van der Waals surface area contributed by atoms with Gasteiger partial charge in [-0.15, -0.1) is 11.3 Å². The molecule has 28 heavy (non-hydrogen) atoms. The number of thiophene rings is 1. The number of nitrogens with one attached hydrogen (secondary N) is 1. The molecule has 6 nitrogen and oxygen atoms in total. The fraction of sp³-hybridized carbons (Fsp3) is 0.667. The Kier molecular flexibility index (Phi) is 8.26. The summed E-state index contributed by atoms with van der Waals surface area (Å²) in [5.74, 6) is -0.773. The number of carbonyl (C=O) groups is 2. The highest BCUT2D eigenvalue weighted by Crippen LogP contribution is 2.29. The molecule has 1 aliphatic heterocycles. The van der Waals surface area contributed by atoms with Crippen LogP contribution in [0.3, 0.4) is 0 Å². The number of aryl methyl sites for hydroxylation is 1. The van der Waals surface area contributed by atoms with Crippen LogP contribution in [0.1, 0.15) is 35.5 Å². The second kappa shape index (κ2) is 10.2. The van der Waals surface area contributed by atoms with Crippen LogP contribution >= 0.6 is 11.3 Å². The molecule has 0 saturated carbocycles. The maximum Gasteiger partial charge on any atom is 0.401 e. The lowest BCUT2D eigenvalue weighted by Gasteiger charge is -2.22. The van der Waals surface area contributed by atoms with E-state index in [9.17, 15) is 22.8 Å². The first-order valence-corrected chi connectivity index (χ1v) is 10.1. The minimum absolute atomic E-state index is 0.0709. The third-order valence-corrected chi connectivity index (χ3v) is 5.53. The molecule has 1 fully saturated rings. The van der Waals surface area contributed by atoms with E-state index in [1.54, 1.807) is 13.0 Å². The van der Waals surface area contributed by atoms with Crippen molar-refractivity contribution in [2.45, 2.75) is 32.9 Å². The molecule has 1 aromatic rings. The topological polar surface area (TPSA) is 61.9 Å². The van der Waals surface area contributed by atoms with Gasteiger partial charge in [-0.25, -0.2) is 4.79 Å². The smallest absolute Gasteiger partial charge is 0.401 e. The number of halogens is 3. The lowest BCUT2D eigenvalue weighted by Crippen LogP contribution is -2.39. The fourth-order valence-electron chi connectivity index (χ4n) is 3.03. The van der Waals surface area contributed by atoms with Crippen LogP contribution in [0.25, 0.3) is 0 Å². The Hall–Kier alpha value is -1.65. The van der Waals surface area contributed by atoms with Crippen molar-refractivity contribution in [3.05, 3.63) is 16.5 Å². The number of carbonyl (C=O) groups excluding carboxylic acids is 2. The lowest BCUT2D eigenvalue weighted by atomic mass is 10.2.